The van der Waals surface area contributed by atoms with E-state index in [1.807, 2.05) is 74.5 Å². The summed E-state index contributed by atoms with van der Waals surface area (Å²) in [5.41, 5.74) is 8.44. The van der Waals surface area contributed by atoms with Crippen molar-refractivity contribution in [2.75, 3.05) is 6.61 Å². The second-order valence-corrected chi connectivity index (χ2v) is 6.27. The van der Waals surface area contributed by atoms with Crippen LogP contribution in [0.3, 0.4) is 0 Å². The van der Waals surface area contributed by atoms with E-state index in [1.165, 1.54) is 0 Å². The first-order valence-corrected chi connectivity index (χ1v) is 8.64. The minimum atomic E-state index is -0.486. The van der Waals surface area contributed by atoms with Crippen molar-refractivity contribution in [3.05, 3.63) is 78.0 Å². The molecule has 3 rings (SSSR count). The summed E-state index contributed by atoms with van der Waals surface area (Å²) < 4.78 is 5.95. The van der Waals surface area contributed by atoms with Crippen LogP contribution in [-0.4, -0.2) is 12.5 Å². The zero-order valence-electron chi connectivity index (χ0n) is 14.7. The fraction of sp³-hybridized carbons (Fsp3) is 0.286. The SMILES string of the molecule is CCO[C@@]1(c2ccccc2)C[C@@H]1C(=O)NN/C=C(\C)c1ccccc1. The molecule has 130 valence electrons. The molecule has 2 aromatic carbocycles. The lowest BCUT2D eigenvalue weighted by Crippen LogP contribution is -2.37. The number of benzene rings is 2. The number of rotatable bonds is 7. The van der Waals surface area contributed by atoms with E-state index in [1.54, 1.807) is 6.20 Å². The smallest absolute Gasteiger partial charge is 0.244 e. The van der Waals surface area contributed by atoms with Gasteiger partial charge < -0.3 is 10.2 Å². The Morgan fingerprint density at radius 1 is 1.16 bits per heavy atom. The molecule has 1 saturated carbocycles. The monoisotopic (exact) mass is 336 g/mol. The van der Waals surface area contributed by atoms with Gasteiger partial charge in [0, 0.05) is 12.8 Å². The van der Waals surface area contributed by atoms with Gasteiger partial charge in [-0.25, -0.2) is 0 Å². The topological polar surface area (TPSA) is 50.4 Å². The van der Waals surface area contributed by atoms with Gasteiger partial charge in [0.1, 0.15) is 5.60 Å². The van der Waals surface area contributed by atoms with Crippen LogP contribution in [0.15, 0.2) is 66.9 Å². The predicted molar refractivity (Wildman–Crippen MR) is 99.2 cm³/mol. The molecule has 2 aromatic rings. The van der Waals surface area contributed by atoms with Crippen molar-refractivity contribution in [1.29, 1.82) is 0 Å². The summed E-state index contributed by atoms with van der Waals surface area (Å²) in [5, 5.41) is 0. The van der Waals surface area contributed by atoms with Crippen molar-refractivity contribution in [3.63, 3.8) is 0 Å². The first kappa shape index (κ1) is 17.2. The highest BCUT2D eigenvalue weighted by atomic mass is 16.5. The molecule has 0 aromatic heterocycles. The third-order valence-corrected chi connectivity index (χ3v) is 4.60. The van der Waals surface area contributed by atoms with E-state index in [4.69, 9.17) is 4.74 Å². The Hall–Kier alpha value is -2.59. The fourth-order valence-electron chi connectivity index (χ4n) is 3.18. The van der Waals surface area contributed by atoms with Gasteiger partial charge in [0.15, 0.2) is 0 Å². The molecular weight excluding hydrogens is 312 g/mol. The second kappa shape index (κ2) is 7.53. The number of nitrogens with one attached hydrogen (secondary N) is 2. The molecule has 1 aliphatic rings. The Morgan fingerprint density at radius 3 is 2.44 bits per heavy atom. The number of hydrazine groups is 1. The largest absolute Gasteiger partial charge is 0.370 e. The average molecular weight is 336 g/mol. The van der Waals surface area contributed by atoms with Gasteiger partial charge in [0.25, 0.3) is 0 Å². The molecule has 0 spiro atoms. The third kappa shape index (κ3) is 3.74. The lowest BCUT2D eigenvalue weighted by molar-refractivity contribution is -0.125. The molecule has 0 heterocycles. The quantitative estimate of drug-likeness (QED) is 0.759. The van der Waals surface area contributed by atoms with E-state index >= 15 is 0 Å². The molecule has 1 amide bonds. The highest BCUT2D eigenvalue weighted by Gasteiger charge is 2.60. The summed E-state index contributed by atoms with van der Waals surface area (Å²) >= 11 is 0. The lowest BCUT2D eigenvalue weighted by Gasteiger charge is -2.18. The van der Waals surface area contributed by atoms with E-state index in [0.29, 0.717) is 13.0 Å². The number of carbonyl (C=O) groups is 1. The van der Waals surface area contributed by atoms with Crippen LogP contribution in [0.4, 0.5) is 0 Å². The van der Waals surface area contributed by atoms with E-state index in [0.717, 1.165) is 16.7 Å². The van der Waals surface area contributed by atoms with Crippen molar-refractivity contribution in [1.82, 2.24) is 10.9 Å². The maximum Gasteiger partial charge on any atom is 0.244 e. The Morgan fingerprint density at radius 2 is 1.80 bits per heavy atom. The number of hydrogen-bond donors (Lipinski definition) is 2. The first-order chi connectivity index (χ1) is 12.2. The third-order valence-electron chi connectivity index (χ3n) is 4.60. The Balaban J connectivity index is 1.61. The molecule has 0 aliphatic heterocycles. The summed E-state index contributed by atoms with van der Waals surface area (Å²) in [7, 11) is 0. The zero-order valence-corrected chi connectivity index (χ0v) is 14.7. The summed E-state index contributed by atoms with van der Waals surface area (Å²) in [6.45, 7) is 4.54. The van der Waals surface area contributed by atoms with Crippen LogP contribution in [-0.2, 0) is 15.1 Å². The van der Waals surface area contributed by atoms with Crippen molar-refractivity contribution in [3.8, 4) is 0 Å². The van der Waals surface area contributed by atoms with Gasteiger partial charge in [-0.3, -0.25) is 10.2 Å². The molecule has 25 heavy (non-hydrogen) atoms. The van der Waals surface area contributed by atoms with Crippen LogP contribution < -0.4 is 10.9 Å². The van der Waals surface area contributed by atoms with E-state index in [2.05, 4.69) is 10.9 Å². The maximum absolute atomic E-state index is 12.5. The number of hydrogen-bond acceptors (Lipinski definition) is 3. The molecule has 1 fully saturated rings. The number of ether oxygens (including phenoxy) is 1. The van der Waals surface area contributed by atoms with Gasteiger partial charge in [0.05, 0.1) is 5.92 Å². The number of carbonyl (C=O) groups excluding carboxylic acids is 1. The minimum absolute atomic E-state index is 0.0468. The van der Waals surface area contributed by atoms with Gasteiger partial charge in [-0.1, -0.05) is 60.7 Å². The standard InChI is InChI=1S/C21H24N2O2/c1-3-25-21(18-12-8-5-9-13-18)14-19(21)20(24)23-22-15-16(2)17-10-6-4-7-11-17/h4-13,15,19,22H,3,14H2,1-2H3,(H,23,24)/b16-15+/t19-,21-/m1/s1. The van der Waals surface area contributed by atoms with Crippen molar-refractivity contribution >= 4 is 11.5 Å². The van der Waals surface area contributed by atoms with Gasteiger partial charge in [-0.2, -0.15) is 0 Å². The molecule has 0 unspecified atom stereocenters. The molecule has 0 saturated heterocycles. The summed E-state index contributed by atoms with van der Waals surface area (Å²) in [5.74, 6) is -0.220. The Labute approximate surface area is 148 Å². The molecule has 0 radical (unpaired) electrons. The average Bonchev–Trinajstić information content (AvgIpc) is 3.39. The van der Waals surface area contributed by atoms with E-state index in [9.17, 15) is 4.79 Å². The molecular formula is C21H24N2O2. The van der Waals surface area contributed by atoms with E-state index in [-0.39, 0.29) is 11.8 Å². The molecule has 2 atom stereocenters. The maximum atomic E-state index is 12.5. The van der Waals surface area contributed by atoms with Gasteiger partial charge in [0.2, 0.25) is 5.91 Å². The molecule has 1 aliphatic carbocycles. The van der Waals surface area contributed by atoms with Crippen LogP contribution >= 0.6 is 0 Å². The van der Waals surface area contributed by atoms with Crippen LogP contribution in [0.2, 0.25) is 0 Å². The molecule has 4 nitrogen and oxygen atoms in total. The van der Waals surface area contributed by atoms with Crippen LogP contribution in [0.5, 0.6) is 0 Å². The normalized spacial score (nSPS) is 22.3. The van der Waals surface area contributed by atoms with Gasteiger partial charge in [-0.15, -0.1) is 0 Å². The Bertz CT molecular complexity index is 743. The van der Waals surface area contributed by atoms with Crippen LogP contribution in [0.1, 0.15) is 31.4 Å². The van der Waals surface area contributed by atoms with Crippen LogP contribution in [0, 0.1) is 5.92 Å². The number of allylic oxidation sites excluding steroid dienone is 1. The highest BCUT2D eigenvalue weighted by Crippen LogP contribution is 2.55. The van der Waals surface area contributed by atoms with Crippen molar-refractivity contribution in [2.24, 2.45) is 5.92 Å². The molecule has 2 N–H and O–H groups in total. The first-order valence-electron chi connectivity index (χ1n) is 8.64. The van der Waals surface area contributed by atoms with Crippen molar-refractivity contribution < 1.29 is 9.53 Å². The van der Waals surface area contributed by atoms with E-state index < -0.39 is 5.60 Å². The highest BCUT2D eigenvalue weighted by molar-refractivity contribution is 5.83. The summed E-state index contributed by atoms with van der Waals surface area (Å²) in [6, 6.07) is 20.0. The van der Waals surface area contributed by atoms with Gasteiger partial charge in [-0.05, 0) is 37.0 Å². The molecule has 4 heteroatoms. The van der Waals surface area contributed by atoms with Crippen molar-refractivity contribution in [2.45, 2.75) is 25.9 Å². The second-order valence-electron chi connectivity index (χ2n) is 6.27. The summed E-state index contributed by atoms with van der Waals surface area (Å²) in [4.78, 5) is 12.5. The summed E-state index contributed by atoms with van der Waals surface area (Å²) in [6.07, 6.45) is 2.51. The fourth-order valence-corrected chi connectivity index (χ4v) is 3.18. The van der Waals surface area contributed by atoms with Gasteiger partial charge >= 0.3 is 0 Å². The molecule has 0 bridgehead atoms. The predicted octanol–water partition coefficient (Wildman–Crippen LogP) is 3.62. The lowest BCUT2D eigenvalue weighted by atomic mass is 10.1. The van der Waals surface area contributed by atoms with Crippen LogP contribution in [0.25, 0.3) is 5.57 Å². The zero-order chi connectivity index (χ0) is 17.7. The number of amides is 1. The minimum Gasteiger partial charge on any atom is -0.370 e. The Kier molecular flexibility index (Phi) is 5.19.